The number of hydrogen-bond acceptors (Lipinski definition) is 7. The molecular formula is C35H38O7. The van der Waals surface area contributed by atoms with Crippen LogP contribution in [-0.4, -0.2) is 48.1 Å². The minimum Gasteiger partial charge on any atom is -0.451 e. The quantitative estimate of drug-likeness (QED) is 0.174. The van der Waals surface area contributed by atoms with Gasteiger partial charge in [-0.1, -0.05) is 91.5 Å². The Morgan fingerprint density at radius 1 is 0.857 bits per heavy atom. The van der Waals surface area contributed by atoms with Crippen LogP contribution >= 0.6 is 0 Å². The predicted molar refractivity (Wildman–Crippen MR) is 158 cm³/mol. The van der Waals surface area contributed by atoms with Crippen molar-refractivity contribution in [3.05, 3.63) is 133 Å². The van der Waals surface area contributed by atoms with Crippen molar-refractivity contribution in [2.45, 2.75) is 69.0 Å². The smallest absolute Gasteiger partial charge is 0.338 e. The third kappa shape index (κ3) is 5.98. The summed E-state index contributed by atoms with van der Waals surface area (Å²) in [6.45, 7) is 12.3. The maximum atomic E-state index is 13.4. The Labute approximate surface area is 247 Å². The number of benzene rings is 3. The fraction of sp³-hybridized carbons (Fsp3) is 0.343. The first-order valence-corrected chi connectivity index (χ1v) is 14.1. The molecule has 7 heteroatoms. The van der Waals surface area contributed by atoms with E-state index >= 15 is 0 Å². The molecule has 0 spiro atoms. The van der Waals surface area contributed by atoms with Crippen LogP contribution in [-0.2, 0) is 41.6 Å². The van der Waals surface area contributed by atoms with Gasteiger partial charge in [-0.2, -0.15) is 0 Å². The number of carbonyl (C=O) groups is 1. The molecule has 0 N–H and O–H groups in total. The van der Waals surface area contributed by atoms with Crippen molar-refractivity contribution < 1.29 is 33.2 Å². The molecule has 3 aromatic carbocycles. The van der Waals surface area contributed by atoms with Crippen LogP contribution in [0.25, 0.3) is 0 Å². The molecule has 5 atom stereocenters. The summed E-state index contributed by atoms with van der Waals surface area (Å²) in [5.41, 5.74) is -0.317. The highest BCUT2D eigenvalue weighted by Crippen LogP contribution is 2.55. The first-order chi connectivity index (χ1) is 20.3. The highest BCUT2D eigenvalue weighted by Gasteiger charge is 2.74. The van der Waals surface area contributed by atoms with Crippen molar-refractivity contribution in [1.29, 1.82) is 0 Å². The van der Waals surface area contributed by atoms with Crippen LogP contribution < -0.4 is 0 Å². The van der Waals surface area contributed by atoms with Crippen molar-refractivity contribution >= 4 is 5.97 Å². The number of carbonyl (C=O) groups excluding carboxylic acids is 1. The lowest BCUT2D eigenvalue weighted by Crippen LogP contribution is -2.66. The molecule has 0 amide bonds. The second-order valence-corrected chi connectivity index (χ2v) is 11.0. The van der Waals surface area contributed by atoms with Crippen molar-refractivity contribution in [2.75, 3.05) is 6.61 Å². The van der Waals surface area contributed by atoms with Gasteiger partial charge < -0.3 is 28.4 Å². The average molecular weight is 571 g/mol. The van der Waals surface area contributed by atoms with Gasteiger partial charge in [0.1, 0.15) is 11.7 Å². The normalized spacial score (nSPS) is 26.7. The summed E-state index contributed by atoms with van der Waals surface area (Å²) in [6.07, 6.45) is 1.10. The molecule has 2 heterocycles. The van der Waals surface area contributed by atoms with E-state index in [1.807, 2.05) is 80.6 Å². The van der Waals surface area contributed by atoms with Crippen LogP contribution in [0.4, 0.5) is 0 Å². The Morgan fingerprint density at radius 3 is 2.05 bits per heavy atom. The molecule has 2 fully saturated rings. The van der Waals surface area contributed by atoms with Crippen molar-refractivity contribution in [3.8, 4) is 0 Å². The number of hydrogen-bond donors (Lipinski definition) is 0. The molecule has 42 heavy (non-hydrogen) atoms. The summed E-state index contributed by atoms with van der Waals surface area (Å²) >= 11 is 0. The van der Waals surface area contributed by atoms with E-state index in [0.29, 0.717) is 18.6 Å². The summed E-state index contributed by atoms with van der Waals surface area (Å²) in [6, 6.07) is 28.4. The molecule has 2 aliphatic rings. The van der Waals surface area contributed by atoms with Crippen LogP contribution in [0.3, 0.4) is 0 Å². The average Bonchev–Trinajstić information content (AvgIpc) is 3.44. The number of fused-ring (bicyclic) bond motifs is 1. The van der Waals surface area contributed by atoms with Gasteiger partial charge in [0.15, 0.2) is 23.8 Å². The van der Waals surface area contributed by atoms with Gasteiger partial charge in [-0.15, -0.1) is 6.58 Å². The monoisotopic (exact) mass is 570 g/mol. The maximum absolute atomic E-state index is 13.4. The van der Waals surface area contributed by atoms with Gasteiger partial charge in [-0.3, -0.25) is 0 Å². The van der Waals surface area contributed by atoms with Crippen LogP contribution in [0.2, 0.25) is 0 Å². The molecule has 0 bridgehead atoms. The van der Waals surface area contributed by atoms with E-state index in [9.17, 15) is 4.79 Å². The summed E-state index contributed by atoms with van der Waals surface area (Å²) in [5, 5.41) is 0. The van der Waals surface area contributed by atoms with Gasteiger partial charge in [0.05, 0.1) is 25.4 Å². The van der Waals surface area contributed by atoms with Crippen molar-refractivity contribution in [3.63, 3.8) is 0 Å². The van der Waals surface area contributed by atoms with Gasteiger partial charge in [-0.25, -0.2) is 4.79 Å². The Bertz CT molecular complexity index is 1340. The second-order valence-electron chi connectivity index (χ2n) is 11.0. The Hall–Kier alpha value is -3.59. The summed E-state index contributed by atoms with van der Waals surface area (Å²) < 4.78 is 38.9. The van der Waals surface area contributed by atoms with Crippen LogP contribution in [0.5, 0.6) is 0 Å². The highest BCUT2D eigenvalue weighted by atomic mass is 16.9. The zero-order valence-electron chi connectivity index (χ0n) is 24.1. The van der Waals surface area contributed by atoms with E-state index in [1.165, 1.54) is 0 Å². The number of rotatable bonds is 13. The van der Waals surface area contributed by atoms with Gasteiger partial charge in [0.25, 0.3) is 0 Å². The van der Waals surface area contributed by atoms with E-state index in [0.717, 1.165) is 11.1 Å². The van der Waals surface area contributed by atoms with E-state index in [-0.39, 0.29) is 13.2 Å². The van der Waals surface area contributed by atoms with Gasteiger partial charge >= 0.3 is 5.97 Å². The molecule has 0 saturated carbocycles. The van der Waals surface area contributed by atoms with Crippen LogP contribution in [0.1, 0.15) is 41.8 Å². The summed E-state index contributed by atoms with van der Waals surface area (Å²) in [7, 11) is 0. The first-order valence-electron chi connectivity index (χ1n) is 14.1. The topological polar surface area (TPSA) is 72.5 Å². The SMILES string of the molecule is C=CC[C@]1(OCc2ccccc2)[C@H]2OC(C)(C)O[C@H]2O[C@@]1(COCc1ccccc1)[C@H](C=C)OC(=O)c1ccccc1. The fourth-order valence-corrected chi connectivity index (χ4v) is 5.76. The van der Waals surface area contributed by atoms with E-state index in [2.05, 4.69) is 13.2 Å². The molecule has 2 aliphatic heterocycles. The number of esters is 1. The Morgan fingerprint density at radius 2 is 1.45 bits per heavy atom. The largest absolute Gasteiger partial charge is 0.451 e. The lowest BCUT2D eigenvalue weighted by atomic mass is 9.74. The molecule has 0 aromatic heterocycles. The molecule has 0 radical (unpaired) electrons. The van der Waals surface area contributed by atoms with Crippen LogP contribution in [0.15, 0.2) is 116 Å². The van der Waals surface area contributed by atoms with Crippen molar-refractivity contribution in [1.82, 2.24) is 0 Å². The first kappa shape index (κ1) is 29.9. The molecule has 5 rings (SSSR count). The molecular weight excluding hydrogens is 532 g/mol. The molecule has 7 nitrogen and oxygen atoms in total. The highest BCUT2D eigenvalue weighted by molar-refractivity contribution is 5.89. The predicted octanol–water partition coefficient (Wildman–Crippen LogP) is 6.39. The summed E-state index contributed by atoms with van der Waals surface area (Å²) in [4.78, 5) is 13.4. The Balaban J connectivity index is 1.57. The second kappa shape index (κ2) is 12.7. The molecule has 220 valence electrons. The summed E-state index contributed by atoms with van der Waals surface area (Å²) in [5.74, 6) is -1.46. The minimum absolute atomic E-state index is 0.0105. The molecule has 0 unspecified atom stereocenters. The zero-order chi connectivity index (χ0) is 29.6. The molecule has 0 aliphatic carbocycles. The lowest BCUT2D eigenvalue weighted by molar-refractivity contribution is -0.295. The fourth-order valence-electron chi connectivity index (χ4n) is 5.76. The van der Waals surface area contributed by atoms with Gasteiger partial charge in [0.2, 0.25) is 0 Å². The standard InChI is InChI=1S/C35H38O7/c1-5-22-34(38-24-27-18-12-8-13-19-27)30-32(41-33(3,4)40-30)42-35(34,25-37-23-26-16-10-7-11-17-26)29(6-2)39-31(36)28-20-14-9-15-21-28/h5-21,29-30,32H,1-2,22-25H2,3-4H3/t29-,30-,32-,34-,35-/m0/s1. The third-order valence-corrected chi connectivity index (χ3v) is 7.69. The number of ether oxygens (including phenoxy) is 6. The van der Waals surface area contributed by atoms with Gasteiger partial charge in [0, 0.05) is 0 Å². The van der Waals surface area contributed by atoms with E-state index < -0.39 is 41.5 Å². The van der Waals surface area contributed by atoms with Crippen LogP contribution in [0, 0.1) is 0 Å². The molecule has 2 saturated heterocycles. The lowest BCUT2D eigenvalue weighted by Gasteiger charge is -2.48. The van der Waals surface area contributed by atoms with E-state index in [1.54, 1.807) is 36.4 Å². The van der Waals surface area contributed by atoms with Gasteiger partial charge in [-0.05, 0) is 49.6 Å². The van der Waals surface area contributed by atoms with E-state index in [4.69, 9.17) is 28.4 Å². The zero-order valence-corrected chi connectivity index (χ0v) is 24.1. The minimum atomic E-state index is -1.41. The Kier molecular flexibility index (Phi) is 9.06. The van der Waals surface area contributed by atoms with Crippen molar-refractivity contribution in [2.24, 2.45) is 0 Å². The molecule has 3 aromatic rings. The third-order valence-electron chi connectivity index (χ3n) is 7.69. The maximum Gasteiger partial charge on any atom is 0.338 e.